The average molecular weight is 831 g/mol. The zero-order valence-corrected chi connectivity index (χ0v) is 36.8. The number of aliphatic hydroxyl groups is 1. The molecular formula is C46H62N4O10. The molecule has 14 nitrogen and oxygen atoms in total. The number of esters is 1. The molecule has 1 spiro atoms. The van der Waals surface area contributed by atoms with E-state index in [4.69, 9.17) is 23.9 Å². The summed E-state index contributed by atoms with van der Waals surface area (Å²) in [6.45, 7) is 20.4. The summed E-state index contributed by atoms with van der Waals surface area (Å²) in [5.74, 6) is -5.07. The number of ketones is 1. The molecule has 1 fully saturated rings. The second-order valence-corrected chi connectivity index (χ2v) is 18.0. The van der Waals surface area contributed by atoms with Crippen LogP contribution in [-0.4, -0.2) is 94.4 Å². The van der Waals surface area contributed by atoms with Crippen molar-refractivity contribution in [2.45, 2.75) is 118 Å². The van der Waals surface area contributed by atoms with E-state index in [-0.39, 0.29) is 61.5 Å². The van der Waals surface area contributed by atoms with Crippen LogP contribution in [0.5, 0.6) is 17.2 Å². The van der Waals surface area contributed by atoms with E-state index in [1.165, 1.54) is 27.2 Å². The lowest BCUT2D eigenvalue weighted by atomic mass is 9.79. The van der Waals surface area contributed by atoms with Gasteiger partial charge in [0.15, 0.2) is 5.75 Å². The number of ether oxygens (including phenoxy) is 4. The third-order valence-electron chi connectivity index (χ3n) is 12.7. The average Bonchev–Trinajstić information content (AvgIpc) is 3.69. The maximum Gasteiger partial charge on any atom is 0.312 e. The van der Waals surface area contributed by atoms with Crippen LogP contribution in [0.15, 0.2) is 46.1 Å². The van der Waals surface area contributed by atoms with Crippen molar-refractivity contribution in [3.8, 4) is 17.2 Å². The van der Waals surface area contributed by atoms with Crippen molar-refractivity contribution in [2.75, 3.05) is 32.1 Å². The number of hydrogen-bond acceptors (Lipinski definition) is 13. The normalized spacial score (nSPS) is 30.7. The number of aliphatic hydroxyl groups excluding tert-OH is 1. The summed E-state index contributed by atoms with van der Waals surface area (Å²) in [5.41, 5.74) is 0.0705. The number of phenolic OH excluding ortho intramolecular Hbond substituents is 2. The Balaban J connectivity index is 1.54. The number of benzene rings is 2. The number of Topliss-reactive ketones (excluding diaryl/α,β-unsaturated/α-hetero) is 1. The van der Waals surface area contributed by atoms with E-state index in [1.54, 1.807) is 32.1 Å². The molecule has 8 unspecified atom stereocenters. The lowest BCUT2D eigenvalue weighted by molar-refractivity contribution is -0.159. The molecule has 0 radical (unpaired) electrons. The summed E-state index contributed by atoms with van der Waals surface area (Å²) in [4.78, 5) is 52.9. The Morgan fingerprint density at radius 3 is 2.35 bits per heavy atom. The number of carbonyl (C=O) groups excluding carboxylic acids is 3. The van der Waals surface area contributed by atoms with Crippen molar-refractivity contribution in [3.63, 3.8) is 0 Å². The Morgan fingerprint density at radius 1 is 1.03 bits per heavy atom. The fourth-order valence-corrected chi connectivity index (χ4v) is 9.30. The minimum atomic E-state index is -1.92. The van der Waals surface area contributed by atoms with Gasteiger partial charge in [-0.1, -0.05) is 59.8 Å². The Labute approximate surface area is 352 Å². The summed E-state index contributed by atoms with van der Waals surface area (Å²) >= 11 is 0. The van der Waals surface area contributed by atoms with Crippen LogP contribution in [0.3, 0.4) is 0 Å². The van der Waals surface area contributed by atoms with Gasteiger partial charge in [-0.3, -0.25) is 19.4 Å². The summed E-state index contributed by atoms with van der Waals surface area (Å²) in [5, 5.41) is 39.3. The third kappa shape index (κ3) is 8.42. The van der Waals surface area contributed by atoms with Crippen LogP contribution in [0.1, 0.15) is 97.5 Å². The van der Waals surface area contributed by atoms with Crippen LogP contribution in [0.25, 0.3) is 10.8 Å². The SMILES string of the molecule is COC1C=COC2(C)Oc3c(C)c(O)c4c(O)c(c5c(c4c3C2=O)NC2(CCN(CC(C)C)CC2)N=5)=NC(=O)/C(C)=C\C=CC(C)CC(C)C(O)C(C)C(OC(C)=O)C1C. The molecule has 4 N–H and O–H groups in total. The first-order valence-corrected chi connectivity index (χ1v) is 21.1. The number of methoxy groups -OCH3 is 1. The first-order valence-electron chi connectivity index (χ1n) is 21.1. The van der Waals surface area contributed by atoms with Crippen LogP contribution < -0.4 is 20.8 Å². The highest BCUT2D eigenvalue weighted by molar-refractivity contribution is 6.21. The minimum absolute atomic E-state index is 0.000251. The van der Waals surface area contributed by atoms with Crippen LogP contribution in [0.2, 0.25) is 0 Å². The molecule has 4 aliphatic heterocycles. The largest absolute Gasteiger partial charge is 0.507 e. The monoisotopic (exact) mass is 830 g/mol. The number of amides is 1. The number of fused-ring (bicyclic) bond motifs is 1. The number of piperidine rings is 1. The molecule has 1 amide bonds. The highest BCUT2D eigenvalue weighted by Gasteiger charge is 2.50. The van der Waals surface area contributed by atoms with Crippen LogP contribution >= 0.6 is 0 Å². The molecule has 2 aromatic rings. The fourth-order valence-electron chi connectivity index (χ4n) is 9.30. The molecule has 4 heterocycles. The van der Waals surface area contributed by atoms with E-state index in [0.717, 1.165) is 19.6 Å². The number of rotatable bonds is 4. The Morgan fingerprint density at radius 2 is 1.72 bits per heavy atom. The van der Waals surface area contributed by atoms with Gasteiger partial charge in [-0.05, 0) is 44.1 Å². The van der Waals surface area contributed by atoms with Crippen molar-refractivity contribution in [1.29, 1.82) is 0 Å². The molecule has 0 aliphatic carbocycles. The first-order chi connectivity index (χ1) is 28.2. The number of hydrogen-bond donors (Lipinski definition) is 4. The smallest absolute Gasteiger partial charge is 0.312 e. The van der Waals surface area contributed by atoms with Gasteiger partial charge in [0.25, 0.3) is 11.7 Å². The second-order valence-electron chi connectivity index (χ2n) is 18.0. The topological polar surface area (TPSA) is 189 Å². The molecule has 4 bridgehead atoms. The van der Waals surface area contributed by atoms with Crippen LogP contribution in [-0.2, 0) is 23.8 Å². The van der Waals surface area contributed by atoms with Crippen molar-refractivity contribution < 1.29 is 48.7 Å². The number of nitrogens with one attached hydrogen (secondary N) is 1. The maximum atomic E-state index is 14.7. The van der Waals surface area contributed by atoms with E-state index in [9.17, 15) is 29.7 Å². The molecular weight excluding hydrogens is 769 g/mol. The highest BCUT2D eigenvalue weighted by Crippen LogP contribution is 2.51. The molecule has 14 heteroatoms. The zero-order chi connectivity index (χ0) is 44.0. The first kappa shape index (κ1) is 44.8. The van der Waals surface area contributed by atoms with Crippen molar-refractivity contribution in [3.05, 3.63) is 58.0 Å². The van der Waals surface area contributed by atoms with E-state index >= 15 is 0 Å². The number of aromatic hydroxyl groups is 2. The lowest BCUT2D eigenvalue weighted by Gasteiger charge is -2.38. The van der Waals surface area contributed by atoms with Gasteiger partial charge in [-0.15, -0.1) is 0 Å². The van der Waals surface area contributed by atoms with Gasteiger partial charge < -0.3 is 44.5 Å². The molecule has 8 atom stereocenters. The lowest BCUT2D eigenvalue weighted by Crippen LogP contribution is -2.47. The maximum absolute atomic E-state index is 14.7. The van der Waals surface area contributed by atoms with Gasteiger partial charge >= 0.3 is 11.8 Å². The van der Waals surface area contributed by atoms with Crippen molar-refractivity contribution >= 4 is 34.1 Å². The van der Waals surface area contributed by atoms with Crippen LogP contribution in [0, 0.1) is 36.5 Å². The van der Waals surface area contributed by atoms with Gasteiger partial charge in [-0.2, -0.15) is 0 Å². The van der Waals surface area contributed by atoms with E-state index in [2.05, 4.69) is 29.1 Å². The number of allylic oxidation sites excluding steroid dienone is 3. The Kier molecular flexibility index (Phi) is 12.9. The fraction of sp³-hybridized carbons (Fsp3) is 0.587. The predicted octanol–water partition coefficient (Wildman–Crippen LogP) is 5.78. The molecule has 326 valence electrons. The minimum Gasteiger partial charge on any atom is -0.507 e. The molecule has 0 saturated carbocycles. The van der Waals surface area contributed by atoms with Gasteiger partial charge in [0, 0.05) is 81.8 Å². The van der Waals surface area contributed by atoms with Gasteiger partial charge in [0.05, 0.1) is 35.1 Å². The second kappa shape index (κ2) is 17.3. The Bertz CT molecular complexity index is 2260. The van der Waals surface area contributed by atoms with Gasteiger partial charge in [-0.25, -0.2) is 4.99 Å². The van der Waals surface area contributed by atoms with Crippen LogP contribution in [0.4, 0.5) is 5.69 Å². The third-order valence-corrected chi connectivity index (χ3v) is 12.7. The van der Waals surface area contributed by atoms with E-state index in [1.807, 2.05) is 33.8 Å². The molecule has 0 aromatic heterocycles. The summed E-state index contributed by atoms with van der Waals surface area (Å²) in [6, 6.07) is 0. The summed E-state index contributed by atoms with van der Waals surface area (Å²) < 4.78 is 24.1. The van der Waals surface area contributed by atoms with E-state index in [0.29, 0.717) is 30.9 Å². The number of phenols is 2. The highest BCUT2D eigenvalue weighted by atomic mass is 16.7. The number of carbonyl (C=O) groups is 3. The molecule has 2 aromatic carbocycles. The van der Waals surface area contributed by atoms with Crippen molar-refractivity contribution in [1.82, 2.24) is 4.90 Å². The van der Waals surface area contributed by atoms with Gasteiger partial charge in [0.1, 0.15) is 34.0 Å². The number of likely N-dealkylation sites (tertiary alicyclic amines) is 1. The number of anilines is 1. The quantitative estimate of drug-likeness (QED) is 0.215. The summed E-state index contributed by atoms with van der Waals surface area (Å²) in [7, 11) is 1.51. The Hall–Kier alpha value is -4.79. The standard InChI is InChI=1S/C46H62N4O10/c1-23(2)22-50-18-16-46(17-19-50)48-35-32-33-39(53)29(8)42-34(32)43(55)45(10,60-42)58-20-15-31(57-11)27(6)41(59-30(9)51)28(7)38(52)26(5)21-24(3)13-12-14-25(4)44(56)47-37(40(33)54)36(35)49-46/h12-15,20,23-24,26-28,31,38,41,48,52-54H,16-19,21-22H2,1-11H3/b13-12?,20-15?,25-14-,47-37?. The van der Waals surface area contributed by atoms with E-state index < -0.39 is 65.0 Å². The van der Waals surface area contributed by atoms with Gasteiger partial charge in [0.2, 0.25) is 0 Å². The number of nitrogens with zero attached hydrogens (tertiary/aromatic N) is 3. The predicted molar refractivity (Wildman–Crippen MR) is 226 cm³/mol. The summed E-state index contributed by atoms with van der Waals surface area (Å²) in [6.07, 6.45) is 7.78. The van der Waals surface area contributed by atoms with Crippen molar-refractivity contribution in [2.24, 2.45) is 39.6 Å². The molecule has 1 saturated heterocycles. The molecule has 6 rings (SSSR count). The molecule has 4 aliphatic rings. The zero-order valence-electron chi connectivity index (χ0n) is 36.8. The molecule has 60 heavy (non-hydrogen) atoms.